The van der Waals surface area contributed by atoms with Gasteiger partial charge in [0, 0.05) is 10.6 Å². The average Bonchev–Trinajstić information content (AvgIpc) is 2.22. The van der Waals surface area contributed by atoms with Gasteiger partial charge in [-0.05, 0) is 30.7 Å². The third kappa shape index (κ3) is 2.31. The van der Waals surface area contributed by atoms with E-state index in [0.717, 1.165) is 21.8 Å². The molecule has 0 aliphatic rings. The van der Waals surface area contributed by atoms with Crippen molar-refractivity contribution in [3.8, 4) is 11.3 Å². The first-order chi connectivity index (χ1) is 7.16. The van der Waals surface area contributed by atoms with Gasteiger partial charge in [0.25, 0.3) is 0 Å². The van der Waals surface area contributed by atoms with E-state index < -0.39 is 0 Å². The van der Waals surface area contributed by atoms with Crippen molar-refractivity contribution in [1.82, 2.24) is 4.98 Å². The van der Waals surface area contributed by atoms with Crippen molar-refractivity contribution in [3.63, 3.8) is 0 Å². The predicted molar refractivity (Wildman–Crippen MR) is 64.4 cm³/mol. The lowest BCUT2D eigenvalue weighted by Crippen LogP contribution is -1.84. The molecule has 0 bridgehead atoms. The maximum Gasteiger partial charge on any atom is 0.129 e. The molecule has 0 radical (unpaired) electrons. The summed E-state index contributed by atoms with van der Waals surface area (Å²) in [6, 6.07) is 11.4. The Morgan fingerprint density at radius 3 is 2.53 bits per heavy atom. The molecule has 76 valence electrons. The maximum absolute atomic E-state index is 6.04. The molecule has 15 heavy (non-hydrogen) atoms. The number of benzene rings is 1. The Morgan fingerprint density at radius 2 is 1.87 bits per heavy atom. The highest BCUT2D eigenvalue weighted by Crippen LogP contribution is 2.24. The SMILES string of the molecule is Cc1ccc(-c2cccc(Cl)n2)cc1Cl. The Hall–Kier alpha value is -1.05. The third-order valence-electron chi connectivity index (χ3n) is 2.18. The number of hydrogen-bond donors (Lipinski definition) is 0. The quantitative estimate of drug-likeness (QED) is 0.672. The summed E-state index contributed by atoms with van der Waals surface area (Å²) in [6.07, 6.45) is 0. The highest BCUT2D eigenvalue weighted by Gasteiger charge is 2.02. The van der Waals surface area contributed by atoms with Crippen LogP contribution in [0.1, 0.15) is 5.56 Å². The molecular formula is C12H9Cl2N. The fourth-order valence-corrected chi connectivity index (χ4v) is 1.67. The van der Waals surface area contributed by atoms with Gasteiger partial charge in [0.15, 0.2) is 0 Å². The molecule has 0 atom stereocenters. The number of aromatic nitrogens is 1. The van der Waals surface area contributed by atoms with Crippen molar-refractivity contribution in [3.05, 3.63) is 52.1 Å². The lowest BCUT2D eigenvalue weighted by atomic mass is 10.1. The van der Waals surface area contributed by atoms with E-state index in [1.54, 1.807) is 6.07 Å². The van der Waals surface area contributed by atoms with E-state index in [2.05, 4.69) is 4.98 Å². The zero-order valence-electron chi connectivity index (χ0n) is 8.17. The van der Waals surface area contributed by atoms with Crippen LogP contribution in [-0.2, 0) is 0 Å². The number of aryl methyl sites for hydroxylation is 1. The number of rotatable bonds is 1. The molecule has 0 aliphatic carbocycles. The molecule has 1 aromatic heterocycles. The molecule has 0 amide bonds. The van der Waals surface area contributed by atoms with E-state index >= 15 is 0 Å². The van der Waals surface area contributed by atoms with Gasteiger partial charge >= 0.3 is 0 Å². The summed E-state index contributed by atoms with van der Waals surface area (Å²) in [5, 5.41) is 1.23. The van der Waals surface area contributed by atoms with Crippen LogP contribution in [0.5, 0.6) is 0 Å². The molecule has 0 aliphatic heterocycles. The van der Waals surface area contributed by atoms with Crippen LogP contribution in [0.2, 0.25) is 10.2 Å². The first-order valence-electron chi connectivity index (χ1n) is 4.56. The lowest BCUT2D eigenvalue weighted by molar-refractivity contribution is 1.32. The summed E-state index contributed by atoms with van der Waals surface area (Å²) in [5.41, 5.74) is 2.87. The molecule has 2 rings (SSSR count). The summed E-state index contributed by atoms with van der Waals surface area (Å²) >= 11 is 11.9. The smallest absolute Gasteiger partial charge is 0.129 e. The second kappa shape index (κ2) is 4.21. The highest BCUT2D eigenvalue weighted by molar-refractivity contribution is 6.31. The minimum Gasteiger partial charge on any atom is -0.236 e. The fourth-order valence-electron chi connectivity index (χ4n) is 1.32. The van der Waals surface area contributed by atoms with E-state index in [-0.39, 0.29) is 0 Å². The summed E-state index contributed by atoms with van der Waals surface area (Å²) in [7, 11) is 0. The maximum atomic E-state index is 6.04. The second-order valence-corrected chi connectivity index (χ2v) is 4.10. The van der Waals surface area contributed by atoms with Crippen LogP contribution >= 0.6 is 23.2 Å². The number of halogens is 2. The fraction of sp³-hybridized carbons (Fsp3) is 0.0833. The lowest BCUT2D eigenvalue weighted by Gasteiger charge is -2.03. The molecule has 0 fully saturated rings. The summed E-state index contributed by atoms with van der Waals surface area (Å²) in [4.78, 5) is 4.22. The molecule has 1 nitrogen and oxygen atoms in total. The molecule has 1 aromatic carbocycles. The van der Waals surface area contributed by atoms with Gasteiger partial charge < -0.3 is 0 Å². The zero-order chi connectivity index (χ0) is 10.8. The van der Waals surface area contributed by atoms with Crippen LogP contribution in [0.3, 0.4) is 0 Å². The van der Waals surface area contributed by atoms with Crippen LogP contribution < -0.4 is 0 Å². The van der Waals surface area contributed by atoms with E-state index in [0.29, 0.717) is 5.15 Å². The van der Waals surface area contributed by atoms with Gasteiger partial charge in [-0.2, -0.15) is 0 Å². The zero-order valence-corrected chi connectivity index (χ0v) is 9.68. The van der Waals surface area contributed by atoms with Gasteiger partial charge in [0.05, 0.1) is 5.69 Å². The van der Waals surface area contributed by atoms with Crippen LogP contribution in [-0.4, -0.2) is 4.98 Å². The molecule has 2 aromatic rings. The van der Waals surface area contributed by atoms with Gasteiger partial charge in [-0.1, -0.05) is 41.4 Å². The van der Waals surface area contributed by atoms with Crippen molar-refractivity contribution in [2.75, 3.05) is 0 Å². The second-order valence-electron chi connectivity index (χ2n) is 3.31. The third-order valence-corrected chi connectivity index (χ3v) is 2.80. The Bertz CT molecular complexity index is 495. The minimum atomic E-state index is 0.490. The van der Waals surface area contributed by atoms with Gasteiger partial charge in [0.2, 0.25) is 0 Å². The van der Waals surface area contributed by atoms with Crippen molar-refractivity contribution < 1.29 is 0 Å². The minimum absolute atomic E-state index is 0.490. The summed E-state index contributed by atoms with van der Waals surface area (Å²) < 4.78 is 0. The molecule has 0 spiro atoms. The molecular weight excluding hydrogens is 229 g/mol. The van der Waals surface area contributed by atoms with Crippen molar-refractivity contribution in [2.45, 2.75) is 6.92 Å². The Kier molecular flexibility index (Phi) is 2.94. The van der Waals surface area contributed by atoms with E-state index in [1.165, 1.54) is 0 Å². The molecule has 1 heterocycles. The largest absolute Gasteiger partial charge is 0.236 e. The van der Waals surface area contributed by atoms with Crippen molar-refractivity contribution in [2.24, 2.45) is 0 Å². The normalized spacial score (nSPS) is 10.3. The Morgan fingerprint density at radius 1 is 1.07 bits per heavy atom. The molecule has 0 N–H and O–H groups in total. The van der Waals surface area contributed by atoms with Crippen LogP contribution in [0.25, 0.3) is 11.3 Å². The Balaban J connectivity index is 2.50. The average molecular weight is 238 g/mol. The number of nitrogens with zero attached hydrogens (tertiary/aromatic N) is 1. The first-order valence-corrected chi connectivity index (χ1v) is 5.31. The number of hydrogen-bond acceptors (Lipinski definition) is 1. The summed E-state index contributed by atoms with van der Waals surface area (Å²) in [6.45, 7) is 1.97. The van der Waals surface area contributed by atoms with Crippen LogP contribution in [0, 0.1) is 6.92 Å². The van der Waals surface area contributed by atoms with Gasteiger partial charge in [-0.25, -0.2) is 4.98 Å². The van der Waals surface area contributed by atoms with Crippen LogP contribution in [0.15, 0.2) is 36.4 Å². The number of pyridine rings is 1. The Labute approximate surface area is 98.7 Å². The van der Waals surface area contributed by atoms with Gasteiger partial charge in [0.1, 0.15) is 5.15 Å². The van der Waals surface area contributed by atoms with Crippen molar-refractivity contribution in [1.29, 1.82) is 0 Å². The molecule has 0 saturated carbocycles. The first kappa shape index (κ1) is 10.5. The highest BCUT2D eigenvalue weighted by atomic mass is 35.5. The topological polar surface area (TPSA) is 12.9 Å². The predicted octanol–water partition coefficient (Wildman–Crippen LogP) is 4.36. The standard InChI is InChI=1S/C12H9Cl2N/c1-8-5-6-9(7-10(8)13)11-3-2-4-12(14)15-11/h2-7H,1H3. The molecule has 0 unspecified atom stereocenters. The molecule has 3 heteroatoms. The monoisotopic (exact) mass is 237 g/mol. The van der Waals surface area contributed by atoms with E-state index in [1.807, 2.05) is 37.3 Å². The summed E-state index contributed by atoms with van der Waals surface area (Å²) in [5.74, 6) is 0. The van der Waals surface area contributed by atoms with Crippen LogP contribution in [0.4, 0.5) is 0 Å². The van der Waals surface area contributed by atoms with E-state index in [9.17, 15) is 0 Å². The van der Waals surface area contributed by atoms with Gasteiger partial charge in [-0.15, -0.1) is 0 Å². The van der Waals surface area contributed by atoms with Crippen molar-refractivity contribution >= 4 is 23.2 Å². The molecule has 0 saturated heterocycles. The van der Waals surface area contributed by atoms with Gasteiger partial charge in [-0.3, -0.25) is 0 Å². The van der Waals surface area contributed by atoms with E-state index in [4.69, 9.17) is 23.2 Å².